The number of thiophene rings is 1. The monoisotopic (exact) mass is 283 g/mol. The van der Waals surface area contributed by atoms with Gasteiger partial charge in [-0.25, -0.2) is 4.98 Å². The van der Waals surface area contributed by atoms with Crippen LogP contribution in [0.2, 0.25) is 0 Å². The second-order valence-corrected chi connectivity index (χ2v) is 5.71. The summed E-state index contributed by atoms with van der Waals surface area (Å²) in [5.41, 5.74) is 0.899. The van der Waals surface area contributed by atoms with Crippen LogP contribution in [0.3, 0.4) is 0 Å². The number of carboxylic acids is 1. The van der Waals surface area contributed by atoms with Crippen molar-refractivity contribution in [2.45, 2.75) is 20.0 Å². The van der Waals surface area contributed by atoms with E-state index in [4.69, 9.17) is 9.84 Å². The number of hydrogen-bond donors (Lipinski definition) is 1. The third kappa shape index (κ3) is 3.38. The average molecular weight is 283 g/mol. The number of aliphatic carboxylic acids is 1. The summed E-state index contributed by atoms with van der Waals surface area (Å²) in [6.07, 6.45) is 0.0700. The molecule has 4 nitrogen and oxygen atoms in total. The molecule has 0 fully saturated rings. The zero-order valence-corrected chi connectivity index (χ0v) is 11.5. The molecule has 0 aliphatic rings. The second-order valence-electron chi connectivity index (χ2n) is 3.60. The van der Waals surface area contributed by atoms with Crippen molar-refractivity contribution in [3.63, 3.8) is 0 Å². The van der Waals surface area contributed by atoms with E-state index in [2.05, 4.69) is 4.98 Å². The highest BCUT2D eigenvalue weighted by atomic mass is 32.1. The normalized spacial score (nSPS) is 10.7. The quantitative estimate of drug-likeness (QED) is 0.885. The van der Waals surface area contributed by atoms with Crippen molar-refractivity contribution in [2.75, 3.05) is 6.61 Å². The zero-order chi connectivity index (χ0) is 13.0. The van der Waals surface area contributed by atoms with Gasteiger partial charge in [0.1, 0.15) is 5.01 Å². The fraction of sp³-hybridized carbons (Fsp3) is 0.333. The van der Waals surface area contributed by atoms with Gasteiger partial charge >= 0.3 is 5.97 Å². The van der Waals surface area contributed by atoms with E-state index in [0.717, 1.165) is 20.5 Å². The standard InChI is InChI=1S/C12H13NO3S2/c1-2-16-6-11-13-9(7-17-11)10-4-3-8(18-10)5-12(14)15/h3-4,7H,2,5-6H2,1H3,(H,14,15). The Morgan fingerprint density at radius 1 is 1.50 bits per heavy atom. The summed E-state index contributed by atoms with van der Waals surface area (Å²) in [5, 5.41) is 11.6. The topological polar surface area (TPSA) is 59.4 Å². The molecule has 0 aromatic carbocycles. The first-order valence-corrected chi connectivity index (χ1v) is 7.21. The molecule has 6 heteroatoms. The molecule has 2 aromatic heterocycles. The molecule has 0 bridgehead atoms. The molecule has 0 spiro atoms. The highest BCUT2D eigenvalue weighted by molar-refractivity contribution is 7.16. The minimum absolute atomic E-state index is 0.0700. The number of thiazole rings is 1. The SMILES string of the molecule is CCOCc1nc(-c2ccc(CC(=O)O)s2)cs1. The summed E-state index contributed by atoms with van der Waals surface area (Å²) in [4.78, 5) is 16.9. The van der Waals surface area contributed by atoms with Crippen LogP contribution in [0, 0.1) is 0 Å². The van der Waals surface area contributed by atoms with Crippen LogP contribution >= 0.6 is 22.7 Å². The molecular formula is C12H13NO3S2. The Kier molecular flexibility index (Phi) is 4.46. The number of rotatable bonds is 6. The molecule has 2 heterocycles. The molecule has 0 radical (unpaired) electrons. The Morgan fingerprint density at radius 3 is 3.06 bits per heavy atom. The Labute approximate surface area is 113 Å². The molecule has 0 aliphatic carbocycles. The van der Waals surface area contributed by atoms with Gasteiger partial charge in [0.15, 0.2) is 0 Å². The predicted octanol–water partition coefficient (Wildman–Crippen LogP) is 3.04. The van der Waals surface area contributed by atoms with Crippen molar-refractivity contribution in [3.05, 3.63) is 27.4 Å². The maximum absolute atomic E-state index is 10.6. The summed E-state index contributed by atoms with van der Waals surface area (Å²) in [7, 11) is 0. The number of carbonyl (C=O) groups is 1. The van der Waals surface area contributed by atoms with Gasteiger partial charge in [0.2, 0.25) is 0 Å². The van der Waals surface area contributed by atoms with Gasteiger partial charge < -0.3 is 9.84 Å². The molecule has 1 N–H and O–H groups in total. The highest BCUT2D eigenvalue weighted by Crippen LogP contribution is 2.29. The van der Waals surface area contributed by atoms with Gasteiger partial charge in [-0.2, -0.15) is 0 Å². The van der Waals surface area contributed by atoms with Crippen LogP contribution in [-0.2, 0) is 22.6 Å². The van der Waals surface area contributed by atoms with Crippen LogP contribution < -0.4 is 0 Å². The molecule has 96 valence electrons. The third-order valence-electron chi connectivity index (χ3n) is 2.22. The fourth-order valence-electron chi connectivity index (χ4n) is 1.44. The second kappa shape index (κ2) is 6.08. The molecule has 2 rings (SSSR count). The van der Waals surface area contributed by atoms with Gasteiger partial charge in [-0.05, 0) is 19.1 Å². The van der Waals surface area contributed by atoms with Crippen LogP contribution in [0.5, 0.6) is 0 Å². The first kappa shape index (κ1) is 13.2. The predicted molar refractivity (Wildman–Crippen MR) is 72.1 cm³/mol. The Bertz CT molecular complexity index is 533. The lowest BCUT2D eigenvalue weighted by Crippen LogP contribution is -1.96. The van der Waals surface area contributed by atoms with Crippen LogP contribution in [0.15, 0.2) is 17.5 Å². The molecule has 2 aromatic rings. The lowest BCUT2D eigenvalue weighted by atomic mass is 10.3. The van der Waals surface area contributed by atoms with E-state index in [-0.39, 0.29) is 6.42 Å². The Balaban J connectivity index is 2.08. The van der Waals surface area contributed by atoms with Crippen LogP contribution in [0.4, 0.5) is 0 Å². The van der Waals surface area contributed by atoms with Crippen LogP contribution in [0.1, 0.15) is 16.8 Å². The van der Waals surface area contributed by atoms with Crippen molar-refractivity contribution < 1.29 is 14.6 Å². The first-order chi connectivity index (χ1) is 8.69. The minimum Gasteiger partial charge on any atom is -0.481 e. The molecule has 18 heavy (non-hydrogen) atoms. The summed E-state index contributed by atoms with van der Waals surface area (Å²) >= 11 is 3.04. The van der Waals surface area contributed by atoms with Gasteiger partial charge in [-0.15, -0.1) is 22.7 Å². The van der Waals surface area contributed by atoms with Crippen LogP contribution in [-0.4, -0.2) is 22.7 Å². The lowest BCUT2D eigenvalue weighted by Gasteiger charge is -1.94. The molecule has 0 saturated heterocycles. The Hall–Kier alpha value is -1.24. The van der Waals surface area contributed by atoms with Gasteiger partial charge in [-0.3, -0.25) is 4.79 Å². The van der Waals surface area contributed by atoms with E-state index < -0.39 is 5.97 Å². The average Bonchev–Trinajstić information content (AvgIpc) is 2.94. The fourth-order valence-corrected chi connectivity index (χ4v) is 3.20. The van der Waals surface area contributed by atoms with Crippen molar-refractivity contribution in [3.8, 4) is 10.6 Å². The van der Waals surface area contributed by atoms with Gasteiger partial charge in [0.25, 0.3) is 0 Å². The maximum Gasteiger partial charge on any atom is 0.308 e. The van der Waals surface area contributed by atoms with E-state index >= 15 is 0 Å². The number of ether oxygens (including phenoxy) is 1. The molecular weight excluding hydrogens is 270 g/mol. The summed E-state index contributed by atoms with van der Waals surface area (Å²) < 4.78 is 5.30. The molecule has 0 aliphatic heterocycles. The number of aromatic nitrogens is 1. The molecule has 0 amide bonds. The summed E-state index contributed by atoms with van der Waals surface area (Å²) in [6.45, 7) is 3.16. The number of hydrogen-bond acceptors (Lipinski definition) is 5. The van der Waals surface area contributed by atoms with E-state index in [9.17, 15) is 4.79 Å². The minimum atomic E-state index is -0.807. The number of nitrogens with zero attached hydrogens (tertiary/aromatic N) is 1. The highest BCUT2D eigenvalue weighted by Gasteiger charge is 2.09. The molecule has 0 saturated carbocycles. The van der Waals surface area contributed by atoms with Crippen molar-refractivity contribution in [2.24, 2.45) is 0 Å². The van der Waals surface area contributed by atoms with Crippen molar-refractivity contribution >= 4 is 28.6 Å². The first-order valence-electron chi connectivity index (χ1n) is 5.52. The van der Waals surface area contributed by atoms with E-state index in [1.807, 2.05) is 24.4 Å². The van der Waals surface area contributed by atoms with E-state index in [0.29, 0.717) is 13.2 Å². The van der Waals surface area contributed by atoms with Crippen molar-refractivity contribution in [1.29, 1.82) is 0 Å². The smallest absolute Gasteiger partial charge is 0.308 e. The number of carboxylic acid groups (broad SMARTS) is 1. The van der Waals surface area contributed by atoms with Crippen LogP contribution in [0.25, 0.3) is 10.6 Å². The van der Waals surface area contributed by atoms with E-state index in [1.165, 1.54) is 11.3 Å². The third-order valence-corrected chi connectivity index (χ3v) is 4.15. The van der Waals surface area contributed by atoms with E-state index in [1.54, 1.807) is 11.3 Å². The van der Waals surface area contributed by atoms with Gasteiger partial charge in [0.05, 0.1) is 23.6 Å². The molecule has 0 atom stereocenters. The lowest BCUT2D eigenvalue weighted by molar-refractivity contribution is -0.136. The Morgan fingerprint density at radius 2 is 2.33 bits per heavy atom. The summed E-state index contributed by atoms with van der Waals surface area (Å²) in [6, 6.07) is 3.76. The van der Waals surface area contributed by atoms with Gasteiger partial charge in [0, 0.05) is 16.9 Å². The van der Waals surface area contributed by atoms with Gasteiger partial charge in [-0.1, -0.05) is 0 Å². The largest absolute Gasteiger partial charge is 0.481 e. The summed E-state index contributed by atoms with van der Waals surface area (Å²) in [5.74, 6) is -0.807. The maximum atomic E-state index is 10.6. The zero-order valence-electron chi connectivity index (χ0n) is 9.88. The molecule has 0 unspecified atom stereocenters. The van der Waals surface area contributed by atoms with Crippen molar-refractivity contribution in [1.82, 2.24) is 4.98 Å².